The summed E-state index contributed by atoms with van der Waals surface area (Å²) < 4.78 is 40.4. The third kappa shape index (κ3) is 5.47. The molecular formula is C25H30F3N7. The Hall–Kier alpha value is -3.43. The maximum atomic E-state index is 13.5. The molecule has 0 unspecified atom stereocenters. The minimum Gasteiger partial charge on any atom is -0.353 e. The topological polar surface area (TPSA) is 61.3 Å². The van der Waals surface area contributed by atoms with E-state index in [0.717, 1.165) is 31.1 Å². The van der Waals surface area contributed by atoms with Gasteiger partial charge in [-0.05, 0) is 38.0 Å². The summed E-state index contributed by atoms with van der Waals surface area (Å²) in [6.07, 6.45) is -2.10. The third-order valence-corrected chi connectivity index (χ3v) is 6.23. The molecule has 1 saturated heterocycles. The van der Waals surface area contributed by atoms with Crippen molar-refractivity contribution in [3.05, 3.63) is 53.7 Å². The fourth-order valence-electron chi connectivity index (χ4n) is 4.15. The molecule has 35 heavy (non-hydrogen) atoms. The average molecular weight is 486 g/mol. The third-order valence-electron chi connectivity index (χ3n) is 6.23. The number of aromatic nitrogens is 4. The number of benzene rings is 1. The summed E-state index contributed by atoms with van der Waals surface area (Å²) in [5, 5.41) is 0. The van der Waals surface area contributed by atoms with E-state index in [-0.39, 0.29) is 5.82 Å². The SMILES string of the molecule is CCc1ccc(-c2nc(N(CC)CC)nc(N3CCN(c4ncccc4C(F)(F)F)CC3)n2)cc1. The van der Waals surface area contributed by atoms with Crippen molar-refractivity contribution in [2.24, 2.45) is 0 Å². The number of hydrogen-bond acceptors (Lipinski definition) is 7. The first-order chi connectivity index (χ1) is 16.8. The van der Waals surface area contributed by atoms with E-state index in [1.165, 1.54) is 17.8 Å². The zero-order valence-electron chi connectivity index (χ0n) is 20.3. The van der Waals surface area contributed by atoms with Crippen molar-refractivity contribution in [2.75, 3.05) is 54.0 Å². The van der Waals surface area contributed by atoms with Gasteiger partial charge in [-0.15, -0.1) is 0 Å². The van der Waals surface area contributed by atoms with Crippen LogP contribution in [0.1, 0.15) is 31.9 Å². The van der Waals surface area contributed by atoms with Crippen LogP contribution in [-0.2, 0) is 12.6 Å². The number of nitrogens with zero attached hydrogens (tertiary/aromatic N) is 7. The Morgan fingerprint density at radius 1 is 0.857 bits per heavy atom. The quantitative estimate of drug-likeness (QED) is 0.481. The molecule has 3 aromatic rings. The molecular weight excluding hydrogens is 455 g/mol. The Morgan fingerprint density at radius 3 is 2.11 bits per heavy atom. The van der Waals surface area contributed by atoms with Crippen molar-refractivity contribution >= 4 is 17.7 Å². The highest BCUT2D eigenvalue weighted by Crippen LogP contribution is 2.35. The van der Waals surface area contributed by atoms with E-state index in [2.05, 4.69) is 28.9 Å². The van der Waals surface area contributed by atoms with Gasteiger partial charge in [0, 0.05) is 51.0 Å². The van der Waals surface area contributed by atoms with Crippen LogP contribution in [0.2, 0.25) is 0 Å². The molecule has 3 heterocycles. The van der Waals surface area contributed by atoms with Gasteiger partial charge in [-0.3, -0.25) is 0 Å². The van der Waals surface area contributed by atoms with E-state index < -0.39 is 11.7 Å². The van der Waals surface area contributed by atoms with Gasteiger partial charge in [0.1, 0.15) is 5.82 Å². The van der Waals surface area contributed by atoms with Crippen LogP contribution >= 0.6 is 0 Å². The normalized spacial score (nSPS) is 14.3. The van der Waals surface area contributed by atoms with Crippen molar-refractivity contribution in [3.63, 3.8) is 0 Å². The second-order valence-corrected chi connectivity index (χ2v) is 8.33. The average Bonchev–Trinajstić information content (AvgIpc) is 2.89. The number of aryl methyl sites for hydroxylation is 1. The van der Waals surface area contributed by atoms with E-state index >= 15 is 0 Å². The molecule has 1 aromatic carbocycles. The van der Waals surface area contributed by atoms with Gasteiger partial charge in [-0.1, -0.05) is 31.2 Å². The Morgan fingerprint density at radius 2 is 1.51 bits per heavy atom. The molecule has 0 aliphatic carbocycles. The number of piperazine rings is 1. The van der Waals surface area contributed by atoms with Gasteiger partial charge in [0.2, 0.25) is 11.9 Å². The lowest BCUT2D eigenvalue weighted by Crippen LogP contribution is -2.48. The molecule has 2 aromatic heterocycles. The molecule has 0 amide bonds. The molecule has 0 bridgehead atoms. The Bertz CT molecular complexity index is 1120. The zero-order chi connectivity index (χ0) is 25.0. The maximum Gasteiger partial charge on any atom is 0.419 e. The van der Waals surface area contributed by atoms with E-state index in [1.807, 2.05) is 30.9 Å². The van der Waals surface area contributed by atoms with Gasteiger partial charge in [0.05, 0.1) is 5.56 Å². The van der Waals surface area contributed by atoms with Crippen LogP contribution < -0.4 is 14.7 Å². The molecule has 10 heteroatoms. The Labute approximate surface area is 203 Å². The summed E-state index contributed by atoms with van der Waals surface area (Å²) in [6.45, 7) is 9.42. The monoisotopic (exact) mass is 485 g/mol. The van der Waals surface area contributed by atoms with Gasteiger partial charge < -0.3 is 14.7 Å². The molecule has 1 fully saturated rings. The van der Waals surface area contributed by atoms with Gasteiger partial charge in [-0.25, -0.2) is 4.98 Å². The van der Waals surface area contributed by atoms with E-state index in [0.29, 0.717) is 43.9 Å². The van der Waals surface area contributed by atoms with Crippen LogP contribution in [0.3, 0.4) is 0 Å². The number of alkyl halides is 3. The summed E-state index contributed by atoms with van der Waals surface area (Å²) in [6, 6.07) is 10.6. The van der Waals surface area contributed by atoms with Gasteiger partial charge in [-0.2, -0.15) is 28.1 Å². The lowest BCUT2D eigenvalue weighted by atomic mass is 10.1. The number of halogens is 3. The molecule has 0 atom stereocenters. The van der Waals surface area contributed by atoms with E-state index in [1.54, 1.807) is 4.90 Å². The lowest BCUT2D eigenvalue weighted by molar-refractivity contribution is -0.137. The van der Waals surface area contributed by atoms with Crippen LogP contribution in [0.15, 0.2) is 42.6 Å². The fraction of sp³-hybridized carbons (Fsp3) is 0.440. The number of rotatable bonds is 7. The van der Waals surface area contributed by atoms with Crippen molar-refractivity contribution in [1.29, 1.82) is 0 Å². The fourth-order valence-corrected chi connectivity index (χ4v) is 4.15. The van der Waals surface area contributed by atoms with Crippen LogP contribution in [0, 0.1) is 0 Å². The predicted octanol–water partition coefficient (Wildman–Crippen LogP) is 4.69. The van der Waals surface area contributed by atoms with Gasteiger partial charge in [0.15, 0.2) is 5.82 Å². The van der Waals surface area contributed by atoms with E-state index in [4.69, 9.17) is 15.0 Å². The van der Waals surface area contributed by atoms with Crippen molar-refractivity contribution in [1.82, 2.24) is 19.9 Å². The largest absolute Gasteiger partial charge is 0.419 e. The van der Waals surface area contributed by atoms with Crippen molar-refractivity contribution in [2.45, 2.75) is 33.4 Å². The smallest absolute Gasteiger partial charge is 0.353 e. The second-order valence-electron chi connectivity index (χ2n) is 8.33. The van der Waals surface area contributed by atoms with Crippen molar-refractivity contribution in [3.8, 4) is 11.4 Å². The summed E-state index contributed by atoms with van der Waals surface area (Å²) in [5.41, 5.74) is 1.42. The van der Waals surface area contributed by atoms with E-state index in [9.17, 15) is 13.2 Å². The zero-order valence-corrected chi connectivity index (χ0v) is 20.3. The first-order valence-corrected chi connectivity index (χ1v) is 12.0. The summed E-state index contributed by atoms with van der Waals surface area (Å²) in [5.74, 6) is 1.69. The summed E-state index contributed by atoms with van der Waals surface area (Å²) >= 11 is 0. The molecule has 0 radical (unpaired) electrons. The molecule has 0 N–H and O–H groups in total. The van der Waals surface area contributed by atoms with Crippen LogP contribution in [-0.4, -0.2) is 59.2 Å². The molecule has 1 aliphatic heterocycles. The standard InChI is InChI=1S/C25H30F3N7/c1-4-18-9-11-19(12-10-18)21-30-23(33(5-2)6-3)32-24(31-21)35-16-14-34(15-17-35)22-20(25(26,27)28)8-7-13-29-22/h7-13H,4-6,14-17H2,1-3H3. The lowest BCUT2D eigenvalue weighted by Gasteiger charge is -2.36. The van der Waals surface area contributed by atoms with Crippen LogP contribution in [0.5, 0.6) is 0 Å². The van der Waals surface area contributed by atoms with Gasteiger partial charge >= 0.3 is 6.18 Å². The molecule has 4 rings (SSSR count). The Kier molecular flexibility index (Phi) is 7.37. The predicted molar refractivity (Wildman–Crippen MR) is 132 cm³/mol. The van der Waals surface area contributed by atoms with Crippen LogP contribution in [0.4, 0.5) is 30.9 Å². The Balaban J connectivity index is 1.61. The highest BCUT2D eigenvalue weighted by atomic mass is 19.4. The minimum absolute atomic E-state index is 0.0316. The minimum atomic E-state index is -4.45. The first-order valence-electron chi connectivity index (χ1n) is 12.0. The summed E-state index contributed by atoms with van der Waals surface area (Å²) in [7, 11) is 0. The van der Waals surface area contributed by atoms with Gasteiger partial charge in [0.25, 0.3) is 0 Å². The molecule has 186 valence electrons. The number of pyridine rings is 1. The first kappa shape index (κ1) is 24.7. The highest BCUT2D eigenvalue weighted by Gasteiger charge is 2.36. The number of anilines is 3. The summed E-state index contributed by atoms with van der Waals surface area (Å²) in [4.78, 5) is 24.0. The highest BCUT2D eigenvalue weighted by molar-refractivity contribution is 5.59. The molecule has 0 spiro atoms. The molecule has 0 saturated carbocycles. The number of hydrogen-bond donors (Lipinski definition) is 0. The molecule has 7 nitrogen and oxygen atoms in total. The van der Waals surface area contributed by atoms with Crippen molar-refractivity contribution < 1.29 is 13.2 Å². The van der Waals surface area contributed by atoms with Crippen LogP contribution in [0.25, 0.3) is 11.4 Å². The second kappa shape index (κ2) is 10.5. The molecule has 1 aliphatic rings. The maximum absolute atomic E-state index is 13.5.